The zero-order chi connectivity index (χ0) is 18.8. The van der Waals surface area contributed by atoms with Gasteiger partial charge in [-0.25, -0.2) is 9.59 Å². The van der Waals surface area contributed by atoms with Crippen molar-refractivity contribution >= 4 is 16.9 Å². The van der Waals surface area contributed by atoms with Crippen molar-refractivity contribution in [1.82, 2.24) is 4.98 Å². The first-order chi connectivity index (χ1) is 13.1. The van der Waals surface area contributed by atoms with Crippen molar-refractivity contribution in [3.8, 4) is 16.9 Å². The van der Waals surface area contributed by atoms with Crippen LogP contribution in [0.4, 0.5) is 0 Å². The van der Waals surface area contributed by atoms with Gasteiger partial charge in [0.25, 0.3) is 0 Å². The van der Waals surface area contributed by atoms with E-state index in [1.807, 2.05) is 37.3 Å². The summed E-state index contributed by atoms with van der Waals surface area (Å²) in [5.74, 6) is -0.198. The van der Waals surface area contributed by atoms with E-state index in [0.29, 0.717) is 22.5 Å². The molecule has 132 valence electrons. The predicted octanol–water partition coefficient (Wildman–Crippen LogP) is 4.38. The van der Waals surface area contributed by atoms with Gasteiger partial charge in [0.15, 0.2) is 0 Å². The number of pyridine rings is 1. The van der Waals surface area contributed by atoms with Crippen molar-refractivity contribution in [3.63, 3.8) is 0 Å². The summed E-state index contributed by atoms with van der Waals surface area (Å²) in [5.41, 5.74) is 2.49. The van der Waals surface area contributed by atoms with E-state index in [-0.39, 0.29) is 0 Å². The number of carbonyl (C=O) groups excluding carboxylic acids is 1. The minimum atomic E-state index is -0.503. The maximum Gasteiger partial charge on any atom is 0.344 e. The zero-order valence-corrected chi connectivity index (χ0v) is 14.5. The maximum absolute atomic E-state index is 12.5. The molecule has 0 spiro atoms. The third kappa shape index (κ3) is 3.22. The molecule has 0 aliphatic heterocycles. The SMILES string of the molecule is Cc1c(-c2ccccc2)c(=O)oc2cc(OC(=O)c3ccncc3)ccc12. The molecule has 0 radical (unpaired) electrons. The van der Waals surface area contributed by atoms with Crippen molar-refractivity contribution in [3.05, 3.63) is 94.6 Å². The zero-order valence-electron chi connectivity index (χ0n) is 14.5. The fourth-order valence-electron chi connectivity index (χ4n) is 2.99. The lowest BCUT2D eigenvalue weighted by atomic mass is 10.00. The van der Waals surface area contributed by atoms with Crippen LogP contribution in [-0.4, -0.2) is 11.0 Å². The normalized spacial score (nSPS) is 10.7. The van der Waals surface area contributed by atoms with Gasteiger partial charge in [0.1, 0.15) is 11.3 Å². The number of nitrogens with zero attached hydrogens (tertiary/aromatic N) is 1. The third-order valence-electron chi connectivity index (χ3n) is 4.33. The first-order valence-corrected chi connectivity index (χ1v) is 8.38. The Morgan fingerprint density at radius 3 is 2.48 bits per heavy atom. The van der Waals surface area contributed by atoms with Crippen LogP contribution in [0.1, 0.15) is 15.9 Å². The lowest BCUT2D eigenvalue weighted by Crippen LogP contribution is -2.09. The van der Waals surface area contributed by atoms with Crippen LogP contribution in [0.2, 0.25) is 0 Å². The van der Waals surface area contributed by atoms with Crippen LogP contribution >= 0.6 is 0 Å². The minimum absolute atomic E-state index is 0.305. The number of aryl methyl sites for hydroxylation is 1. The number of aromatic nitrogens is 1. The van der Waals surface area contributed by atoms with Gasteiger partial charge in [-0.1, -0.05) is 30.3 Å². The van der Waals surface area contributed by atoms with Crippen molar-refractivity contribution in [2.24, 2.45) is 0 Å². The van der Waals surface area contributed by atoms with Gasteiger partial charge >= 0.3 is 11.6 Å². The smallest absolute Gasteiger partial charge is 0.344 e. The van der Waals surface area contributed by atoms with Crippen LogP contribution < -0.4 is 10.4 Å². The van der Waals surface area contributed by atoms with Crippen LogP contribution in [-0.2, 0) is 0 Å². The van der Waals surface area contributed by atoms with Crippen LogP contribution in [0.25, 0.3) is 22.1 Å². The van der Waals surface area contributed by atoms with E-state index >= 15 is 0 Å². The highest BCUT2D eigenvalue weighted by Gasteiger charge is 2.15. The average molecular weight is 357 g/mol. The number of hydrogen-bond acceptors (Lipinski definition) is 5. The number of hydrogen-bond donors (Lipinski definition) is 0. The second-order valence-corrected chi connectivity index (χ2v) is 6.04. The Balaban J connectivity index is 1.74. The van der Waals surface area contributed by atoms with Crippen LogP contribution in [0.3, 0.4) is 0 Å². The van der Waals surface area contributed by atoms with Gasteiger partial charge in [0, 0.05) is 23.8 Å². The third-order valence-corrected chi connectivity index (χ3v) is 4.33. The molecule has 0 saturated heterocycles. The minimum Gasteiger partial charge on any atom is -0.423 e. The van der Waals surface area contributed by atoms with E-state index in [2.05, 4.69) is 4.98 Å². The standard InChI is InChI=1S/C22H15NO4/c1-14-18-8-7-17(26-21(24)16-9-11-23-12-10-16)13-19(18)27-22(25)20(14)15-5-3-2-4-6-15/h2-13H,1H3. The highest BCUT2D eigenvalue weighted by Crippen LogP contribution is 2.29. The fourth-order valence-corrected chi connectivity index (χ4v) is 2.99. The highest BCUT2D eigenvalue weighted by molar-refractivity contribution is 5.92. The van der Waals surface area contributed by atoms with E-state index in [9.17, 15) is 9.59 Å². The van der Waals surface area contributed by atoms with Crippen LogP contribution in [0.15, 0.2) is 82.3 Å². The van der Waals surface area contributed by atoms with E-state index in [0.717, 1.165) is 16.5 Å². The quantitative estimate of drug-likeness (QED) is 0.309. The number of esters is 1. The second-order valence-electron chi connectivity index (χ2n) is 6.04. The van der Waals surface area contributed by atoms with Gasteiger partial charge in [-0.15, -0.1) is 0 Å². The lowest BCUT2D eigenvalue weighted by Gasteiger charge is -2.09. The molecule has 4 rings (SSSR count). The summed E-state index contributed by atoms with van der Waals surface area (Å²) in [4.78, 5) is 28.6. The Labute approximate surface area is 154 Å². The summed E-state index contributed by atoms with van der Waals surface area (Å²) in [6, 6.07) is 17.5. The molecule has 0 N–H and O–H groups in total. The Kier molecular flexibility index (Phi) is 4.26. The Bertz CT molecular complexity index is 1180. The van der Waals surface area contributed by atoms with Gasteiger partial charge < -0.3 is 9.15 Å². The topological polar surface area (TPSA) is 69.4 Å². The molecule has 0 fully saturated rings. The number of fused-ring (bicyclic) bond motifs is 1. The molecule has 2 heterocycles. The van der Waals surface area contributed by atoms with Gasteiger partial charge in [0.2, 0.25) is 0 Å². The summed E-state index contributed by atoms with van der Waals surface area (Å²) in [6.45, 7) is 1.88. The molecule has 27 heavy (non-hydrogen) atoms. The van der Waals surface area contributed by atoms with Gasteiger partial charge in [-0.3, -0.25) is 4.98 Å². The Hall–Kier alpha value is -3.73. The Morgan fingerprint density at radius 1 is 1.00 bits per heavy atom. The van der Waals surface area contributed by atoms with E-state index in [4.69, 9.17) is 9.15 Å². The molecule has 0 aliphatic rings. The molecule has 5 heteroatoms. The molecule has 0 atom stereocenters. The molecule has 2 aromatic carbocycles. The van der Waals surface area contributed by atoms with E-state index < -0.39 is 11.6 Å². The predicted molar refractivity (Wildman–Crippen MR) is 102 cm³/mol. The van der Waals surface area contributed by atoms with Gasteiger partial charge in [-0.05, 0) is 42.3 Å². The highest BCUT2D eigenvalue weighted by atomic mass is 16.5. The van der Waals surface area contributed by atoms with Crippen molar-refractivity contribution < 1.29 is 13.9 Å². The number of carbonyl (C=O) groups is 1. The van der Waals surface area contributed by atoms with Crippen molar-refractivity contribution in [2.45, 2.75) is 6.92 Å². The Morgan fingerprint density at radius 2 is 1.74 bits per heavy atom. The van der Waals surface area contributed by atoms with E-state index in [1.165, 1.54) is 12.4 Å². The summed E-state index contributed by atoms with van der Waals surface area (Å²) < 4.78 is 10.9. The molecule has 0 unspecified atom stereocenters. The fraction of sp³-hybridized carbons (Fsp3) is 0.0455. The molecular formula is C22H15NO4. The van der Waals surface area contributed by atoms with Crippen molar-refractivity contribution in [2.75, 3.05) is 0 Å². The molecular weight excluding hydrogens is 342 g/mol. The summed E-state index contributed by atoms with van der Waals surface area (Å²) in [5, 5.41) is 0.789. The summed E-state index contributed by atoms with van der Waals surface area (Å²) in [6.07, 6.45) is 3.04. The largest absolute Gasteiger partial charge is 0.423 e. The van der Waals surface area contributed by atoms with E-state index in [1.54, 1.807) is 30.3 Å². The monoisotopic (exact) mass is 357 g/mol. The van der Waals surface area contributed by atoms with Gasteiger partial charge in [0.05, 0.1) is 11.1 Å². The molecule has 4 aromatic rings. The lowest BCUT2D eigenvalue weighted by molar-refractivity contribution is 0.0735. The molecule has 0 amide bonds. The summed E-state index contributed by atoms with van der Waals surface area (Å²) >= 11 is 0. The molecule has 2 aromatic heterocycles. The van der Waals surface area contributed by atoms with Crippen molar-refractivity contribution in [1.29, 1.82) is 0 Å². The van der Waals surface area contributed by atoms with Crippen LogP contribution in [0, 0.1) is 6.92 Å². The molecule has 0 aliphatic carbocycles. The first kappa shape index (κ1) is 16.7. The summed E-state index contributed by atoms with van der Waals surface area (Å²) in [7, 11) is 0. The maximum atomic E-state index is 12.5. The van der Waals surface area contributed by atoms with Gasteiger partial charge in [-0.2, -0.15) is 0 Å². The average Bonchev–Trinajstić information content (AvgIpc) is 2.69. The van der Waals surface area contributed by atoms with Crippen LogP contribution in [0.5, 0.6) is 5.75 Å². The first-order valence-electron chi connectivity index (χ1n) is 8.38. The second kappa shape index (κ2) is 6.88. The molecule has 0 saturated carbocycles. The molecule has 5 nitrogen and oxygen atoms in total. The number of ether oxygens (including phenoxy) is 1. The number of rotatable bonds is 3. The molecule has 0 bridgehead atoms. The number of benzene rings is 2.